The second-order valence-corrected chi connectivity index (χ2v) is 6.08. The van der Waals surface area contributed by atoms with Gasteiger partial charge in [-0.1, -0.05) is 0 Å². The summed E-state index contributed by atoms with van der Waals surface area (Å²) >= 11 is 0. The van der Waals surface area contributed by atoms with Crippen LogP contribution in [0.4, 0.5) is 11.4 Å². The molecule has 0 aromatic heterocycles. The van der Waals surface area contributed by atoms with Crippen molar-refractivity contribution in [3.63, 3.8) is 0 Å². The van der Waals surface area contributed by atoms with E-state index in [1.807, 2.05) is 0 Å². The summed E-state index contributed by atoms with van der Waals surface area (Å²) in [5.74, 6) is -1.47. The number of amides is 2. The van der Waals surface area contributed by atoms with Crippen molar-refractivity contribution in [3.8, 4) is 0 Å². The summed E-state index contributed by atoms with van der Waals surface area (Å²) in [4.78, 5) is 23.2. The van der Waals surface area contributed by atoms with E-state index in [4.69, 9.17) is 17.2 Å². The Morgan fingerprint density at radius 2 is 1.71 bits per heavy atom. The average molecular weight is 315 g/mol. The molecule has 10 heteroatoms. The van der Waals surface area contributed by atoms with Crippen molar-refractivity contribution in [3.05, 3.63) is 18.2 Å². The molecule has 0 spiro atoms. The Labute approximate surface area is 122 Å². The van der Waals surface area contributed by atoms with Gasteiger partial charge in [0.2, 0.25) is 21.8 Å². The molecule has 0 saturated carbocycles. The van der Waals surface area contributed by atoms with Crippen LogP contribution in [-0.4, -0.2) is 40.4 Å². The number of sulfonamides is 1. The lowest BCUT2D eigenvalue weighted by molar-refractivity contribution is -0.117. The number of hydrogen-bond donors (Lipinski definition) is 4. The van der Waals surface area contributed by atoms with Crippen molar-refractivity contribution in [1.82, 2.24) is 4.72 Å². The van der Waals surface area contributed by atoms with Gasteiger partial charge in [0.25, 0.3) is 0 Å². The van der Waals surface area contributed by atoms with E-state index in [9.17, 15) is 18.0 Å². The molecule has 0 atom stereocenters. The zero-order valence-corrected chi connectivity index (χ0v) is 12.2. The molecule has 0 aliphatic rings. The van der Waals surface area contributed by atoms with Crippen LogP contribution in [0.2, 0.25) is 0 Å². The fourth-order valence-electron chi connectivity index (χ4n) is 1.72. The maximum Gasteiger partial charge on any atom is 0.242 e. The predicted molar refractivity (Wildman–Crippen MR) is 77.7 cm³/mol. The van der Waals surface area contributed by atoms with Crippen LogP contribution in [0, 0.1) is 0 Å². The van der Waals surface area contributed by atoms with Gasteiger partial charge >= 0.3 is 0 Å². The molecule has 7 N–H and O–H groups in total. The van der Waals surface area contributed by atoms with Gasteiger partial charge in [0.15, 0.2) is 0 Å². The molecule has 0 radical (unpaired) electrons. The first-order valence-corrected chi connectivity index (χ1v) is 7.30. The highest BCUT2D eigenvalue weighted by atomic mass is 32.2. The lowest BCUT2D eigenvalue weighted by atomic mass is 10.2. The maximum absolute atomic E-state index is 12.0. The molecule has 0 aliphatic heterocycles. The second kappa shape index (κ2) is 6.41. The van der Waals surface area contributed by atoms with Crippen LogP contribution in [-0.2, 0) is 19.6 Å². The molecule has 116 valence electrons. The number of nitrogens with one attached hydrogen (secondary N) is 1. The molecule has 0 bridgehead atoms. The molecular weight excluding hydrogens is 298 g/mol. The van der Waals surface area contributed by atoms with Crippen molar-refractivity contribution < 1.29 is 18.0 Å². The molecule has 1 aromatic rings. The minimum atomic E-state index is -3.84. The van der Waals surface area contributed by atoms with Crippen LogP contribution < -0.4 is 26.8 Å². The molecule has 1 aromatic carbocycles. The highest BCUT2D eigenvalue weighted by Gasteiger charge is 2.23. The summed E-state index contributed by atoms with van der Waals surface area (Å²) in [6, 6.07) is 4.04. The third-order valence-corrected chi connectivity index (χ3v) is 4.02. The van der Waals surface area contributed by atoms with Gasteiger partial charge in [0, 0.05) is 5.69 Å². The van der Waals surface area contributed by atoms with E-state index in [2.05, 4.69) is 4.72 Å². The Morgan fingerprint density at radius 3 is 2.14 bits per heavy atom. The van der Waals surface area contributed by atoms with E-state index in [-0.39, 0.29) is 29.4 Å². The number of anilines is 2. The third kappa shape index (κ3) is 4.33. The summed E-state index contributed by atoms with van der Waals surface area (Å²) in [5, 5.41) is 0. The van der Waals surface area contributed by atoms with Crippen molar-refractivity contribution in [1.29, 1.82) is 0 Å². The van der Waals surface area contributed by atoms with E-state index >= 15 is 0 Å². The van der Waals surface area contributed by atoms with Crippen LogP contribution >= 0.6 is 0 Å². The molecule has 0 saturated heterocycles. The van der Waals surface area contributed by atoms with Crippen molar-refractivity contribution >= 4 is 33.2 Å². The minimum Gasteiger partial charge on any atom is -0.399 e. The van der Waals surface area contributed by atoms with Gasteiger partial charge in [-0.15, -0.1) is 0 Å². The fraction of sp³-hybridized carbons (Fsp3) is 0.273. The van der Waals surface area contributed by atoms with Gasteiger partial charge in [0.05, 0.1) is 18.8 Å². The molecule has 2 amide bonds. The van der Waals surface area contributed by atoms with Crippen LogP contribution in [0.25, 0.3) is 0 Å². The topological polar surface area (TPSA) is 162 Å². The zero-order valence-electron chi connectivity index (χ0n) is 11.4. The number of nitrogens with zero attached hydrogens (tertiary/aromatic N) is 1. The largest absolute Gasteiger partial charge is 0.399 e. The molecule has 0 heterocycles. The summed E-state index contributed by atoms with van der Waals surface area (Å²) in [5.41, 5.74) is 16.1. The number of primary amides is 2. The second-order valence-electron chi connectivity index (χ2n) is 4.22. The summed E-state index contributed by atoms with van der Waals surface area (Å²) in [6.45, 7) is -0.724. The molecule has 1 rings (SSSR count). The van der Waals surface area contributed by atoms with Crippen LogP contribution in [0.15, 0.2) is 23.1 Å². The molecule has 0 aliphatic carbocycles. The molecule has 0 fully saturated rings. The number of hydrogen-bond acceptors (Lipinski definition) is 6. The number of rotatable bonds is 7. The van der Waals surface area contributed by atoms with Gasteiger partial charge in [-0.3, -0.25) is 9.59 Å². The van der Waals surface area contributed by atoms with Gasteiger partial charge in [-0.25, -0.2) is 13.1 Å². The molecule has 0 unspecified atom stereocenters. The predicted octanol–water partition coefficient (Wildman–Crippen LogP) is -2.05. The molecular formula is C11H17N5O4S. The highest BCUT2D eigenvalue weighted by Crippen LogP contribution is 2.27. The van der Waals surface area contributed by atoms with Crippen molar-refractivity contribution in [2.24, 2.45) is 11.5 Å². The fourth-order valence-corrected chi connectivity index (χ4v) is 2.70. The average Bonchev–Trinajstić information content (AvgIpc) is 2.36. The standard InChI is InChI=1S/C11H17N5O4S/c1-15-21(19,20)9-4-7(12)2-3-8(9)16(5-10(13)17)6-11(14)18/h2-4,15H,5-6,12H2,1H3,(H2,13,17)(H2,14,18). The zero-order chi connectivity index (χ0) is 16.2. The van der Waals surface area contributed by atoms with E-state index in [0.29, 0.717) is 0 Å². The third-order valence-electron chi connectivity index (χ3n) is 2.58. The lowest BCUT2D eigenvalue weighted by Gasteiger charge is -2.24. The van der Waals surface area contributed by atoms with E-state index in [1.165, 1.54) is 30.1 Å². The smallest absolute Gasteiger partial charge is 0.242 e. The van der Waals surface area contributed by atoms with Gasteiger partial charge in [-0.2, -0.15) is 0 Å². The van der Waals surface area contributed by atoms with Crippen LogP contribution in [0.3, 0.4) is 0 Å². The van der Waals surface area contributed by atoms with E-state index < -0.39 is 21.8 Å². The Kier molecular flexibility index (Phi) is 5.11. The van der Waals surface area contributed by atoms with Crippen molar-refractivity contribution in [2.75, 3.05) is 30.8 Å². The first-order valence-electron chi connectivity index (χ1n) is 5.82. The van der Waals surface area contributed by atoms with Gasteiger partial charge in [0.1, 0.15) is 4.90 Å². The normalized spacial score (nSPS) is 11.1. The highest BCUT2D eigenvalue weighted by molar-refractivity contribution is 7.89. The van der Waals surface area contributed by atoms with Gasteiger partial charge in [-0.05, 0) is 25.2 Å². The number of carbonyl (C=O) groups is 2. The van der Waals surface area contributed by atoms with Crippen LogP contribution in [0.5, 0.6) is 0 Å². The SMILES string of the molecule is CNS(=O)(=O)c1cc(N)ccc1N(CC(N)=O)CC(N)=O. The quantitative estimate of drug-likeness (QED) is 0.423. The number of carbonyl (C=O) groups excluding carboxylic acids is 2. The van der Waals surface area contributed by atoms with E-state index in [0.717, 1.165) is 0 Å². The Morgan fingerprint density at radius 1 is 1.19 bits per heavy atom. The first-order chi connectivity index (χ1) is 9.67. The van der Waals surface area contributed by atoms with Crippen LogP contribution in [0.1, 0.15) is 0 Å². The monoisotopic (exact) mass is 315 g/mol. The van der Waals surface area contributed by atoms with Crippen molar-refractivity contribution in [2.45, 2.75) is 4.90 Å². The number of nitrogen functional groups attached to an aromatic ring is 1. The Balaban J connectivity index is 3.43. The Hall–Kier alpha value is -2.33. The number of nitrogens with two attached hydrogens (primary N) is 3. The maximum atomic E-state index is 12.0. The number of benzene rings is 1. The van der Waals surface area contributed by atoms with E-state index in [1.54, 1.807) is 0 Å². The van der Waals surface area contributed by atoms with Gasteiger partial charge < -0.3 is 22.1 Å². The molecule has 21 heavy (non-hydrogen) atoms. The Bertz CT molecular complexity index is 643. The minimum absolute atomic E-state index is 0.108. The summed E-state index contributed by atoms with van der Waals surface area (Å²) in [7, 11) is -2.61. The lowest BCUT2D eigenvalue weighted by Crippen LogP contribution is -2.40. The molecule has 9 nitrogen and oxygen atoms in total. The summed E-state index contributed by atoms with van der Waals surface area (Å²) < 4.78 is 26.2. The first kappa shape index (κ1) is 16.7. The summed E-state index contributed by atoms with van der Waals surface area (Å²) in [6.07, 6.45) is 0.